The highest BCUT2D eigenvalue weighted by atomic mass is 35.5. The molecule has 5 heteroatoms. The van der Waals surface area contributed by atoms with Gasteiger partial charge < -0.3 is 16.2 Å². The molecule has 1 unspecified atom stereocenters. The molecule has 0 amide bonds. The number of nitrogen functional groups attached to an aromatic ring is 1. The average Bonchev–Trinajstić information content (AvgIpc) is 2.20. The lowest BCUT2D eigenvalue weighted by Gasteiger charge is -2.15. The summed E-state index contributed by atoms with van der Waals surface area (Å²) in [6.07, 6.45) is 1.62. The van der Waals surface area contributed by atoms with E-state index in [4.69, 9.17) is 22.4 Å². The Bertz CT molecular complexity index is 320. The second-order valence-electron chi connectivity index (χ2n) is 3.48. The van der Waals surface area contributed by atoms with Gasteiger partial charge in [-0.2, -0.15) is 0 Å². The summed E-state index contributed by atoms with van der Waals surface area (Å²) < 4.78 is 0. The lowest BCUT2D eigenvalue weighted by molar-refractivity contribution is 0.282. The third-order valence-corrected chi connectivity index (χ3v) is 2.28. The number of aliphatic hydroxyl groups is 1. The van der Waals surface area contributed by atoms with Gasteiger partial charge in [-0.1, -0.05) is 11.6 Å². The van der Waals surface area contributed by atoms with Crippen LogP contribution in [0.1, 0.15) is 19.8 Å². The number of nitrogens with two attached hydrogens (primary N) is 1. The highest BCUT2D eigenvalue weighted by molar-refractivity contribution is 6.29. The number of rotatable bonds is 5. The minimum atomic E-state index is 0.199. The van der Waals surface area contributed by atoms with Crippen LogP contribution in [0.3, 0.4) is 0 Å². The maximum Gasteiger partial charge on any atom is 0.151 e. The first-order valence-corrected chi connectivity index (χ1v) is 5.30. The molecule has 1 heterocycles. The zero-order valence-electron chi connectivity index (χ0n) is 8.70. The Labute approximate surface area is 94.5 Å². The Morgan fingerprint density at radius 1 is 1.60 bits per heavy atom. The summed E-state index contributed by atoms with van der Waals surface area (Å²) in [4.78, 5) is 4.09. The van der Waals surface area contributed by atoms with E-state index in [-0.39, 0.29) is 12.6 Å². The Morgan fingerprint density at radius 2 is 2.33 bits per heavy atom. The Kier molecular flexibility index (Phi) is 4.65. The number of anilines is 2. The number of pyridine rings is 1. The van der Waals surface area contributed by atoms with E-state index in [2.05, 4.69) is 10.3 Å². The van der Waals surface area contributed by atoms with Crippen molar-refractivity contribution in [3.05, 3.63) is 17.3 Å². The fraction of sp³-hybridized carbons (Fsp3) is 0.500. The SMILES string of the molecule is CC(CCCO)Nc1nc(Cl)ccc1N. The number of nitrogens with one attached hydrogen (secondary N) is 1. The molecule has 1 aromatic heterocycles. The number of halogens is 1. The van der Waals surface area contributed by atoms with Crippen molar-refractivity contribution in [1.29, 1.82) is 0 Å². The molecule has 1 atom stereocenters. The van der Waals surface area contributed by atoms with Crippen molar-refractivity contribution in [3.8, 4) is 0 Å². The van der Waals surface area contributed by atoms with Gasteiger partial charge in [-0.05, 0) is 31.9 Å². The monoisotopic (exact) mass is 229 g/mol. The van der Waals surface area contributed by atoms with Crippen LogP contribution in [-0.2, 0) is 0 Å². The summed E-state index contributed by atoms with van der Waals surface area (Å²) in [7, 11) is 0. The normalized spacial score (nSPS) is 12.5. The van der Waals surface area contributed by atoms with Crippen molar-refractivity contribution >= 4 is 23.1 Å². The van der Waals surface area contributed by atoms with Crippen molar-refractivity contribution in [2.45, 2.75) is 25.8 Å². The van der Waals surface area contributed by atoms with E-state index in [0.29, 0.717) is 16.7 Å². The van der Waals surface area contributed by atoms with Gasteiger partial charge in [0.2, 0.25) is 0 Å². The van der Waals surface area contributed by atoms with Crippen molar-refractivity contribution in [2.75, 3.05) is 17.7 Å². The molecule has 0 aliphatic rings. The lowest BCUT2D eigenvalue weighted by atomic mass is 10.2. The number of aromatic nitrogens is 1. The van der Waals surface area contributed by atoms with Crippen LogP contribution >= 0.6 is 11.6 Å². The van der Waals surface area contributed by atoms with Gasteiger partial charge in [0, 0.05) is 12.6 Å². The van der Waals surface area contributed by atoms with Gasteiger partial charge in [-0.15, -0.1) is 0 Å². The van der Waals surface area contributed by atoms with E-state index in [0.717, 1.165) is 12.8 Å². The van der Waals surface area contributed by atoms with Crippen molar-refractivity contribution in [2.24, 2.45) is 0 Å². The van der Waals surface area contributed by atoms with Crippen molar-refractivity contribution in [1.82, 2.24) is 4.98 Å². The van der Waals surface area contributed by atoms with Gasteiger partial charge in [0.05, 0.1) is 5.69 Å². The van der Waals surface area contributed by atoms with E-state index in [1.54, 1.807) is 12.1 Å². The van der Waals surface area contributed by atoms with Gasteiger partial charge in [0.25, 0.3) is 0 Å². The molecule has 0 fully saturated rings. The van der Waals surface area contributed by atoms with Crippen LogP contribution in [0, 0.1) is 0 Å². The van der Waals surface area contributed by atoms with Gasteiger partial charge >= 0.3 is 0 Å². The molecule has 0 radical (unpaired) electrons. The van der Waals surface area contributed by atoms with Gasteiger partial charge in [0.15, 0.2) is 5.82 Å². The zero-order chi connectivity index (χ0) is 11.3. The molecule has 4 nitrogen and oxygen atoms in total. The molecular weight excluding hydrogens is 214 g/mol. The minimum absolute atomic E-state index is 0.199. The predicted octanol–water partition coefficient (Wildman–Crippen LogP) is 1.89. The summed E-state index contributed by atoms with van der Waals surface area (Å²) in [6.45, 7) is 2.21. The first-order valence-electron chi connectivity index (χ1n) is 4.93. The van der Waals surface area contributed by atoms with Crippen LogP contribution in [0.25, 0.3) is 0 Å². The standard InChI is InChI=1S/C10H16ClN3O/c1-7(3-2-6-15)13-10-8(12)4-5-9(11)14-10/h4-5,7,15H,2-3,6,12H2,1H3,(H,13,14). The van der Waals surface area contributed by atoms with E-state index in [9.17, 15) is 0 Å². The topological polar surface area (TPSA) is 71.2 Å². The van der Waals surface area contributed by atoms with Crippen LogP contribution in [0.5, 0.6) is 0 Å². The first kappa shape index (κ1) is 12.1. The highest BCUT2D eigenvalue weighted by Gasteiger charge is 2.06. The van der Waals surface area contributed by atoms with E-state index < -0.39 is 0 Å². The third-order valence-electron chi connectivity index (χ3n) is 2.07. The number of nitrogens with zero attached hydrogens (tertiary/aromatic N) is 1. The molecule has 0 saturated heterocycles. The van der Waals surface area contributed by atoms with Crippen molar-refractivity contribution in [3.63, 3.8) is 0 Å². The molecule has 15 heavy (non-hydrogen) atoms. The van der Waals surface area contributed by atoms with Gasteiger partial charge in [0.1, 0.15) is 5.15 Å². The van der Waals surface area contributed by atoms with E-state index in [1.165, 1.54) is 0 Å². The molecule has 0 saturated carbocycles. The maximum atomic E-state index is 8.69. The summed E-state index contributed by atoms with van der Waals surface area (Å²) in [5, 5.41) is 12.3. The Balaban J connectivity index is 2.59. The van der Waals surface area contributed by atoms with Crippen LogP contribution in [0.4, 0.5) is 11.5 Å². The summed E-state index contributed by atoms with van der Waals surface area (Å²) >= 11 is 5.76. The summed E-state index contributed by atoms with van der Waals surface area (Å²) in [5.74, 6) is 0.605. The maximum absolute atomic E-state index is 8.69. The minimum Gasteiger partial charge on any atom is -0.396 e. The molecule has 0 spiro atoms. The summed E-state index contributed by atoms with van der Waals surface area (Å²) in [5.41, 5.74) is 6.31. The van der Waals surface area contributed by atoms with Crippen LogP contribution in [-0.4, -0.2) is 22.7 Å². The predicted molar refractivity (Wildman–Crippen MR) is 63.1 cm³/mol. The van der Waals surface area contributed by atoms with Crippen molar-refractivity contribution < 1.29 is 5.11 Å². The Hall–Kier alpha value is -1.00. The quantitative estimate of drug-likeness (QED) is 0.675. The highest BCUT2D eigenvalue weighted by Crippen LogP contribution is 2.19. The second kappa shape index (κ2) is 5.78. The van der Waals surface area contributed by atoms with E-state index in [1.807, 2.05) is 6.92 Å². The van der Waals surface area contributed by atoms with Gasteiger partial charge in [-0.3, -0.25) is 0 Å². The number of hydrogen-bond acceptors (Lipinski definition) is 4. The number of hydrogen-bond donors (Lipinski definition) is 3. The molecular formula is C10H16ClN3O. The zero-order valence-corrected chi connectivity index (χ0v) is 9.46. The fourth-order valence-electron chi connectivity index (χ4n) is 1.26. The third kappa shape index (κ3) is 3.93. The molecule has 0 bridgehead atoms. The Morgan fingerprint density at radius 3 is 3.00 bits per heavy atom. The molecule has 1 aromatic rings. The second-order valence-corrected chi connectivity index (χ2v) is 3.87. The van der Waals surface area contributed by atoms with Crippen LogP contribution < -0.4 is 11.1 Å². The summed E-state index contributed by atoms with van der Waals surface area (Å²) in [6, 6.07) is 3.59. The molecule has 4 N–H and O–H groups in total. The largest absolute Gasteiger partial charge is 0.396 e. The molecule has 0 aromatic carbocycles. The molecule has 84 valence electrons. The number of aliphatic hydroxyl groups excluding tert-OH is 1. The first-order chi connectivity index (χ1) is 7.13. The van der Waals surface area contributed by atoms with Crippen LogP contribution in [0.2, 0.25) is 5.15 Å². The molecule has 0 aliphatic carbocycles. The van der Waals surface area contributed by atoms with E-state index >= 15 is 0 Å². The lowest BCUT2D eigenvalue weighted by Crippen LogP contribution is -2.17. The van der Waals surface area contributed by atoms with Crippen LogP contribution in [0.15, 0.2) is 12.1 Å². The fourth-order valence-corrected chi connectivity index (χ4v) is 1.41. The smallest absolute Gasteiger partial charge is 0.151 e. The van der Waals surface area contributed by atoms with Gasteiger partial charge in [-0.25, -0.2) is 4.98 Å². The molecule has 1 rings (SSSR count). The average molecular weight is 230 g/mol. The molecule has 0 aliphatic heterocycles.